The van der Waals surface area contributed by atoms with E-state index >= 15 is 0 Å². The summed E-state index contributed by atoms with van der Waals surface area (Å²) in [5.41, 5.74) is 0.131. The number of non-ortho nitro benzene ring substituents is 1. The van der Waals surface area contributed by atoms with Crippen molar-refractivity contribution in [3.8, 4) is 0 Å². The minimum absolute atomic E-state index is 0.0168. The van der Waals surface area contributed by atoms with Gasteiger partial charge in [-0.1, -0.05) is 49.4 Å². The lowest BCUT2D eigenvalue weighted by atomic mass is 9.78. The van der Waals surface area contributed by atoms with E-state index in [2.05, 4.69) is 0 Å². The number of Topliss-reactive ketones (excluding diaryl/α,β-unsaturated/α-hetero) is 1. The maximum Gasteiger partial charge on any atom is 0.273 e. The predicted molar refractivity (Wildman–Crippen MR) is 117 cm³/mol. The molecular weight excluding hydrogens is 426 g/mol. The molecule has 1 aliphatic heterocycles. The third kappa shape index (κ3) is 4.05. The van der Waals surface area contributed by atoms with Gasteiger partial charge in [-0.15, -0.1) is 0 Å². The van der Waals surface area contributed by atoms with E-state index in [9.17, 15) is 29.3 Å². The van der Waals surface area contributed by atoms with Crippen molar-refractivity contribution in [1.82, 2.24) is 10.0 Å². The Morgan fingerprint density at radius 2 is 1.70 bits per heavy atom. The number of fused-ring (bicyclic) bond motifs is 1. The number of carbonyl (C=O) groups excluding carboxylic acids is 4. The zero-order valence-corrected chi connectivity index (χ0v) is 17.8. The maximum absolute atomic E-state index is 13.4. The molecule has 9 heteroatoms. The molecule has 33 heavy (non-hydrogen) atoms. The number of allylic oxidation sites excluding steroid dienone is 2. The molecular formula is C24H21N3O6. The number of benzene rings is 2. The summed E-state index contributed by atoms with van der Waals surface area (Å²) in [6, 6.07) is 13.0. The second kappa shape index (κ2) is 8.78. The number of hydrogen-bond acceptors (Lipinski definition) is 6. The number of amides is 3. The summed E-state index contributed by atoms with van der Waals surface area (Å²) in [7, 11) is 0. The van der Waals surface area contributed by atoms with Gasteiger partial charge in [0.2, 0.25) is 0 Å². The number of ketones is 1. The number of nitro groups is 1. The molecule has 0 radical (unpaired) electrons. The summed E-state index contributed by atoms with van der Waals surface area (Å²) in [6.07, 6.45) is 4.09. The molecule has 0 saturated carbocycles. The number of nitrogens with zero attached hydrogens (tertiary/aromatic N) is 3. The second-order valence-electron chi connectivity index (χ2n) is 8.10. The van der Waals surface area contributed by atoms with Gasteiger partial charge in [0, 0.05) is 23.3 Å². The molecule has 2 aliphatic rings. The highest BCUT2D eigenvalue weighted by Gasteiger charge is 2.53. The van der Waals surface area contributed by atoms with Crippen LogP contribution in [-0.4, -0.2) is 45.0 Å². The molecule has 2 aromatic rings. The van der Waals surface area contributed by atoms with Gasteiger partial charge in [0.05, 0.1) is 16.8 Å². The standard InChI is InChI=1S/C24H21N3O6/c1-15-6-5-9-19-21(15)24(31)26(23(19)30)25(14-20(28)16-7-3-2-4-8-16)22(29)17-10-12-18(13-11-17)27(32)33/h2-8,10-13,15,19,21H,9,14H2,1H3/t15-,19+,21+/m1/s1. The van der Waals surface area contributed by atoms with E-state index in [0.29, 0.717) is 12.0 Å². The van der Waals surface area contributed by atoms with E-state index in [1.165, 1.54) is 12.1 Å². The van der Waals surface area contributed by atoms with Gasteiger partial charge in [-0.3, -0.25) is 29.3 Å². The van der Waals surface area contributed by atoms with Crippen molar-refractivity contribution in [2.45, 2.75) is 13.3 Å². The minimum atomic E-state index is -0.768. The van der Waals surface area contributed by atoms with Gasteiger partial charge in [-0.05, 0) is 24.5 Å². The number of imide groups is 1. The number of carbonyl (C=O) groups is 4. The van der Waals surface area contributed by atoms with Crippen LogP contribution >= 0.6 is 0 Å². The molecule has 0 bridgehead atoms. The Labute approximate surface area is 189 Å². The largest absolute Gasteiger partial charge is 0.292 e. The molecule has 4 rings (SSSR count). The molecule has 0 N–H and O–H groups in total. The Morgan fingerprint density at radius 3 is 2.30 bits per heavy atom. The lowest BCUT2D eigenvalue weighted by Gasteiger charge is -2.30. The van der Waals surface area contributed by atoms with Crippen molar-refractivity contribution in [1.29, 1.82) is 0 Å². The number of hydrogen-bond donors (Lipinski definition) is 0. The lowest BCUT2D eigenvalue weighted by Crippen LogP contribution is -2.52. The van der Waals surface area contributed by atoms with E-state index in [0.717, 1.165) is 22.2 Å². The summed E-state index contributed by atoms with van der Waals surface area (Å²) in [5.74, 6) is -3.68. The van der Waals surface area contributed by atoms with Crippen LogP contribution in [0.3, 0.4) is 0 Å². The van der Waals surface area contributed by atoms with E-state index in [-0.39, 0.29) is 17.2 Å². The van der Waals surface area contributed by atoms with Gasteiger partial charge in [0.15, 0.2) is 5.78 Å². The zero-order chi connectivity index (χ0) is 23.7. The normalized spacial score (nSPS) is 21.6. The van der Waals surface area contributed by atoms with E-state index in [1.807, 2.05) is 19.1 Å². The van der Waals surface area contributed by atoms with Crippen molar-refractivity contribution in [3.63, 3.8) is 0 Å². The van der Waals surface area contributed by atoms with Gasteiger partial charge >= 0.3 is 0 Å². The molecule has 1 fully saturated rings. The maximum atomic E-state index is 13.4. The van der Waals surface area contributed by atoms with Gasteiger partial charge < -0.3 is 0 Å². The van der Waals surface area contributed by atoms with Crippen LogP contribution in [0, 0.1) is 27.9 Å². The summed E-state index contributed by atoms with van der Waals surface area (Å²) in [5, 5.41) is 12.6. The van der Waals surface area contributed by atoms with Crippen LogP contribution in [0.1, 0.15) is 34.1 Å². The second-order valence-corrected chi connectivity index (χ2v) is 8.10. The fraction of sp³-hybridized carbons (Fsp3) is 0.250. The first-order chi connectivity index (χ1) is 15.8. The van der Waals surface area contributed by atoms with Crippen molar-refractivity contribution >= 4 is 29.2 Å². The lowest BCUT2D eigenvalue weighted by molar-refractivity contribution is -0.384. The SMILES string of the molecule is C[C@@H]1C=CC[C@@H]2C(=O)N(N(CC(=O)c3ccccc3)C(=O)c3ccc([N+](=O)[O-])cc3)C(=O)[C@@H]12. The van der Waals surface area contributed by atoms with Crippen LogP contribution in [0.4, 0.5) is 5.69 Å². The molecule has 3 amide bonds. The molecule has 0 spiro atoms. The molecule has 168 valence electrons. The van der Waals surface area contributed by atoms with Crippen LogP contribution in [0.15, 0.2) is 66.7 Å². The molecule has 0 unspecified atom stereocenters. The van der Waals surface area contributed by atoms with Crippen LogP contribution in [0.5, 0.6) is 0 Å². The number of rotatable bonds is 6. The third-order valence-corrected chi connectivity index (χ3v) is 6.04. The van der Waals surface area contributed by atoms with E-state index < -0.39 is 46.8 Å². The Morgan fingerprint density at radius 1 is 1.03 bits per heavy atom. The fourth-order valence-electron chi connectivity index (χ4n) is 4.33. The Balaban J connectivity index is 1.70. The minimum Gasteiger partial charge on any atom is -0.292 e. The van der Waals surface area contributed by atoms with Gasteiger partial charge in [-0.2, -0.15) is 5.01 Å². The quantitative estimate of drug-likeness (QED) is 0.221. The zero-order valence-electron chi connectivity index (χ0n) is 17.8. The Hall–Kier alpha value is -4.14. The summed E-state index contributed by atoms with van der Waals surface area (Å²) in [4.78, 5) is 63.2. The Kier molecular flexibility index (Phi) is 5.87. The molecule has 1 saturated heterocycles. The number of hydrazine groups is 1. The predicted octanol–water partition coefficient (Wildman–Crippen LogP) is 3.03. The summed E-state index contributed by atoms with van der Waals surface area (Å²) < 4.78 is 0. The van der Waals surface area contributed by atoms with Crippen molar-refractivity contribution in [2.75, 3.05) is 6.54 Å². The van der Waals surface area contributed by atoms with E-state index in [1.54, 1.807) is 30.3 Å². The van der Waals surface area contributed by atoms with Gasteiger partial charge in [-0.25, -0.2) is 5.01 Å². The highest BCUT2D eigenvalue weighted by molar-refractivity contribution is 6.09. The van der Waals surface area contributed by atoms with Crippen LogP contribution in [0.25, 0.3) is 0 Å². The first-order valence-electron chi connectivity index (χ1n) is 10.5. The van der Waals surface area contributed by atoms with Crippen LogP contribution in [-0.2, 0) is 9.59 Å². The van der Waals surface area contributed by atoms with Gasteiger partial charge in [0.25, 0.3) is 23.4 Å². The smallest absolute Gasteiger partial charge is 0.273 e. The molecule has 3 atom stereocenters. The summed E-state index contributed by atoms with van der Waals surface area (Å²) in [6.45, 7) is 1.30. The first-order valence-corrected chi connectivity index (χ1v) is 10.5. The fourth-order valence-corrected chi connectivity index (χ4v) is 4.33. The highest BCUT2D eigenvalue weighted by Crippen LogP contribution is 2.39. The van der Waals surface area contributed by atoms with Crippen LogP contribution in [0.2, 0.25) is 0 Å². The molecule has 2 aromatic carbocycles. The molecule has 9 nitrogen and oxygen atoms in total. The average molecular weight is 447 g/mol. The first kappa shape index (κ1) is 22.1. The molecule has 1 heterocycles. The topological polar surface area (TPSA) is 118 Å². The van der Waals surface area contributed by atoms with Crippen molar-refractivity contribution in [2.24, 2.45) is 17.8 Å². The summed E-state index contributed by atoms with van der Waals surface area (Å²) >= 11 is 0. The molecule has 1 aliphatic carbocycles. The third-order valence-electron chi connectivity index (χ3n) is 6.04. The van der Waals surface area contributed by atoms with Crippen molar-refractivity contribution in [3.05, 3.63) is 88.0 Å². The average Bonchev–Trinajstić information content (AvgIpc) is 3.08. The Bertz CT molecular complexity index is 1160. The van der Waals surface area contributed by atoms with Crippen molar-refractivity contribution < 1.29 is 24.1 Å². The van der Waals surface area contributed by atoms with Crippen LogP contribution < -0.4 is 0 Å². The highest BCUT2D eigenvalue weighted by atomic mass is 16.6. The van der Waals surface area contributed by atoms with Gasteiger partial charge in [0.1, 0.15) is 6.54 Å². The monoisotopic (exact) mass is 447 g/mol. The van der Waals surface area contributed by atoms with E-state index in [4.69, 9.17) is 0 Å². The molecule has 0 aromatic heterocycles. The number of nitro benzene ring substituents is 1.